The number of ether oxygens (including phenoxy) is 1. The van der Waals surface area contributed by atoms with Gasteiger partial charge in [0.2, 0.25) is 5.91 Å². The van der Waals surface area contributed by atoms with E-state index in [2.05, 4.69) is 11.1 Å². The predicted molar refractivity (Wildman–Crippen MR) is 165 cm³/mol. The summed E-state index contributed by atoms with van der Waals surface area (Å²) in [7, 11) is 0. The zero-order chi connectivity index (χ0) is 33.8. The zero-order valence-electron chi connectivity index (χ0n) is 26.6. The van der Waals surface area contributed by atoms with Crippen molar-refractivity contribution in [2.75, 3.05) is 26.2 Å². The molecule has 252 valence electrons. The van der Waals surface area contributed by atoms with Gasteiger partial charge in [-0.3, -0.25) is 19.4 Å². The van der Waals surface area contributed by atoms with Gasteiger partial charge in [0.25, 0.3) is 5.91 Å². The SMILES string of the molecule is CCCC1C(C(=O)N2CCC(C#N)(c3ccccc3OCCCC3(C(=O)O)CC3)CC2)CCCN1C(=O)c1cnccc1C(F)(F)F. The molecule has 1 aromatic carbocycles. The molecule has 2 atom stereocenters. The minimum absolute atomic E-state index is 0.147. The highest BCUT2D eigenvalue weighted by molar-refractivity contribution is 5.96. The zero-order valence-corrected chi connectivity index (χ0v) is 26.6. The number of carboxylic acids is 1. The summed E-state index contributed by atoms with van der Waals surface area (Å²) in [5.41, 5.74) is -2.33. The molecule has 0 radical (unpaired) electrons. The lowest BCUT2D eigenvalue weighted by molar-refractivity contribution is -0.143. The van der Waals surface area contributed by atoms with Crippen molar-refractivity contribution in [2.45, 2.75) is 88.8 Å². The Morgan fingerprint density at radius 3 is 2.47 bits per heavy atom. The molecular weight excluding hydrogens is 613 g/mol. The maximum absolute atomic E-state index is 14.0. The number of alkyl halides is 3. The standard InChI is InChI=1S/C35H41F3N4O5/c1-2-7-28-24(8-5-18-42(28)31(44)25-22-40-17-11-26(25)35(36,37)38)30(43)41-19-15-34(23-39,16-20-41)27-9-3-4-10-29(27)47-21-6-12-33(13-14-33)32(45)46/h3-4,9-11,17,22,24,28H,2,5-8,12-16,18-21H2,1H3,(H,45,46). The first kappa shape index (κ1) is 34.2. The normalized spacial score (nSPS) is 21.9. The topological polar surface area (TPSA) is 124 Å². The van der Waals surface area contributed by atoms with Crippen LogP contribution in [-0.2, 0) is 21.2 Å². The number of hydrogen-bond acceptors (Lipinski definition) is 6. The van der Waals surface area contributed by atoms with Crippen LogP contribution in [0.2, 0.25) is 0 Å². The van der Waals surface area contributed by atoms with Gasteiger partial charge in [0.1, 0.15) is 5.75 Å². The molecule has 0 spiro atoms. The molecule has 47 heavy (non-hydrogen) atoms. The summed E-state index contributed by atoms with van der Waals surface area (Å²) in [6.07, 6.45) is 2.60. The number of nitrogens with zero attached hydrogens (tertiary/aromatic N) is 4. The Kier molecular flexibility index (Phi) is 10.1. The van der Waals surface area contributed by atoms with Crippen LogP contribution in [0.1, 0.15) is 92.6 Å². The van der Waals surface area contributed by atoms with E-state index in [1.807, 2.05) is 31.2 Å². The second-order valence-electron chi connectivity index (χ2n) is 13.1. The Hall–Kier alpha value is -4.14. The molecule has 2 unspecified atom stereocenters. The molecule has 3 fully saturated rings. The van der Waals surface area contributed by atoms with E-state index >= 15 is 0 Å². The molecule has 2 amide bonds. The van der Waals surface area contributed by atoms with E-state index in [0.29, 0.717) is 89.7 Å². The number of carbonyl (C=O) groups excluding carboxylic acids is 2. The van der Waals surface area contributed by atoms with E-state index in [1.165, 1.54) is 4.90 Å². The molecule has 0 bridgehead atoms. The van der Waals surface area contributed by atoms with Crippen molar-refractivity contribution in [1.29, 1.82) is 5.26 Å². The van der Waals surface area contributed by atoms with Crippen molar-refractivity contribution in [3.8, 4) is 11.8 Å². The van der Waals surface area contributed by atoms with Crippen molar-refractivity contribution in [3.05, 3.63) is 59.4 Å². The number of carboxylic acid groups (broad SMARTS) is 1. The molecule has 3 aliphatic rings. The average Bonchev–Trinajstić information content (AvgIpc) is 3.87. The molecule has 9 nitrogen and oxygen atoms in total. The smallest absolute Gasteiger partial charge is 0.417 e. The Bertz CT molecular complexity index is 1510. The number of carbonyl (C=O) groups is 3. The number of benzene rings is 1. The Balaban J connectivity index is 1.27. The third-order valence-electron chi connectivity index (χ3n) is 10.2. The molecule has 2 saturated heterocycles. The van der Waals surface area contributed by atoms with Gasteiger partial charge in [-0.2, -0.15) is 18.4 Å². The molecule has 5 rings (SSSR count). The largest absolute Gasteiger partial charge is 0.493 e. The Labute approximate surface area is 272 Å². The average molecular weight is 655 g/mol. The van der Waals surface area contributed by atoms with E-state index < -0.39 is 52.0 Å². The number of likely N-dealkylation sites (tertiary alicyclic amines) is 2. The number of amides is 2. The second kappa shape index (κ2) is 13.9. The van der Waals surface area contributed by atoms with Crippen LogP contribution >= 0.6 is 0 Å². The van der Waals surface area contributed by atoms with Crippen LogP contribution in [-0.4, -0.2) is 70.0 Å². The lowest BCUT2D eigenvalue weighted by Crippen LogP contribution is -2.55. The van der Waals surface area contributed by atoms with Crippen LogP contribution in [0, 0.1) is 22.7 Å². The number of pyridine rings is 1. The first-order valence-electron chi connectivity index (χ1n) is 16.4. The maximum atomic E-state index is 14.0. The van der Waals surface area contributed by atoms with Gasteiger partial charge in [-0.1, -0.05) is 31.5 Å². The summed E-state index contributed by atoms with van der Waals surface area (Å²) >= 11 is 0. The third-order valence-corrected chi connectivity index (χ3v) is 10.2. The highest BCUT2D eigenvalue weighted by Crippen LogP contribution is 2.50. The van der Waals surface area contributed by atoms with Crippen LogP contribution < -0.4 is 4.74 Å². The summed E-state index contributed by atoms with van der Waals surface area (Å²) in [6.45, 7) is 3.13. The molecule has 2 aromatic rings. The highest BCUT2D eigenvalue weighted by atomic mass is 19.4. The number of hydrogen-bond donors (Lipinski definition) is 1. The van der Waals surface area contributed by atoms with Gasteiger partial charge in [0, 0.05) is 43.6 Å². The first-order chi connectivity index (χ1) is 22.5. The molecule has 1 N–H and O–H groups in total. The fourth-order valence-corrected chi connectivity index (χ4v) is 7.30. The van der Waals surface area contributed by atoms with Gasteiger partial charge in [0.15, 0.2) is 0 Å². The lowest BCUT2D eigenvalue weighted by atomic mass is 9.73. The number of aromatic nitrogens is 1. The van der Waals surface area contributed by atoms with Crippen molar-refractivity contribution in [3.63, 3.8) is 0 Å². The summed E-state index contributed by atoms with van der Waals surface area (Å²) in [5.74, 6) is -1.67. The van der Waals surface area contributed by atoms with Gasteiger partial charge in [-0.25, -0.2) is 0 Å². The van der Waals surface area contributed by atoms with Crippen molar-refractivity contribution in [2.24, 2.45) is 11.3 Å². The van der Waals surface area contributed by atoms with Gasteiger partial charge in [-0.15, -0.1) is 0 Å². The van der Waals surface area contributed by atoms with Crippen molar-refractivity contribution < 1.29 is 37.4 Å². The predicted octanol–water partition coefficient (Wildman–Crippen LogP) is 6.23. The van der Waals surface area contributed by atoms with Gasteiger partial charge in [0.05, 0.1) is 40.6 Å². The van der Waals surface area contributed by atoms with Gasteiger partial charge in [-0.05, 0) is 69.9 Å². The number of piperidine rings is 2. The summed E-state index contributed by atoms with van der Waals surface area (Å²) in [5, 5.41) is 19.9. The lowest BCUT2D eigenvalue weighted by Gasteiger charge is -2.44. The van der Waals surface area contributed by atoms with Crippen LogP contribution in [0.4, 0.5) is 13.2 Å². The fraction of sp³-hybridized carbons (Fsp3) is 0.571. The van der Waals surface area contributed by atoms with Crippen LogP contribution in [0.15, 0.2) is 42.7 Å². The van der Waals surface area contributed by atoms with Crippen molar-refractivity contribution in [1.82, 2.24) is 14.8 Å². The summed E-state index contributed by atoms with van der Waals surface area (Å²) in [4.78, 5) is 46.0. The quantitative estimate of drug-likeness (QED) is 0.285. The molecular formula is C35H41F3N4O5. The molecule has 1 aliphatic carbocycles. The number of halogens is 3. The fourth-order valence-electron chi connectivity index (χ4n) is 7.30. The number of aliphatic carboxylic acids is 1. The second-order valence-corrected chi connectivity index (χ2v) is 13.1. The minimum Gasteiger partial charge on any atom is -0.493 e. The maximum Gasteiger partial charge on any atom is 0.417 e. The number of nitriles is 1. The molecule has 1 saturated carbocycles. The molecule has 2 aliphatic heterocycles. The number of rotatable bonds is 11. The molecule has 3 heterocycles. The van der Waals surface area contributed by atoms with Crippen LogP contribution in [0.3, 0.4) is 0 Å². The van der Waals surface area contributed by atoms with E-state index in [9.17, 15) is 37.9 Å². The van der Waals surface area contributed by atoms with Crippen LogP contribution in [0.25, 0.3) is 0 Å². The van der Waals surface area contributed by atoms with E-state index in [-0.39, 0.29) is 12.5 Å². The first-order valence-corrected chi connectivity index (χ1v) is 16.4. The van der Waals surface area contributed by atoms with E-state index in [1.54, 1.807) is 4.90 Å². The third kappa shape index (κ3) is 7.09. The summed E-state index contributed by atoms with van der Waals surface area (Å²) < 4.78 is 47.3. The van der Waals surface area contributed by atoms with Gasteiger partial charge < -0.3 is 19.6 Å². The molecule has 1 aromatic heterocycles. The highest BCUT2D eigenvalue weighted by Gasteiger charge is 2.49. The van der Waals surface area contributed by atoms with Gasteiger partial charge >= 0.3 is 12.1 Å². The van der Waals surface area contributed by atoms with E-state index in [0.717, 1.165) is 24.0 Å². The van der Waals surface area contributed by atoms with E-state index in [4.69, 9.17) is 4.74 Å². The number of para-hydroxylation sites is 1. The Morgan fingerprint density at radius 1 is 1.11 bits per heavy atom. The van der Waals surface area contributed by atoms with Crippen molar-refractivity contribution >= 4 is 17.8 Å². The summed E-state index contributed by atoms with van der Waals surface area (Å²) in [6, 6.07) is 10.1. The van der Waals surface area contributed by atoms with Crippen LogP contribution in [0.5, 0.6) is 5.75 Å². The minimum atomic E-state index is -4.72. The molecule has 12 heteroatoms. The Morgan fingerprint density at radius 2 is 1.83 bits per heavy atom. The monoisotopic (exact) mass is 654 g/mol.